The lowest BCUT2D eigenvalue weighted by Gasteiger charge is -2.26. The maximum atomic E-state index is 13.0. The summed E-state index contributed by atoms with van der Waals surface area (Å²) >= 11 is 6.27. The van der Waals surface area contributed by atoms with Crippen LogP contribution in [0.25, 0.3) is 5.69 Å². The highest BCUT2D eigenvalue weighted by molar-refractivity contribution is 6.33. The van der Waals surface area contributed by atoms with E-state index in [9.17, 15) is 24.6 Å². The number of hydrogen-bond acceptors (Lipinski definition) is 6. The minimum atomic E-state index is -0.944. The van der Waals surface area contributed by atoms with Crippen molar-refractivity contribution in [1.82, 2.24) is 19.7 Å². The van der Waals surface area contributed by atoms with E-state index in [1.165, 1.54) is 18.2 Å². The van der Waals surface area contributed by atoms with E-state index in [2.05, 4.69) is 10.4 Å². The number of aliphatic hydroxyl groups is 2. The van der Waals surface area contributed by atoms with E-state index >= 15 is 0 Å². The molecule has 35 heavy (non-hydrogen) atoms. The van der Waals surface area contributed by atoms with Crippen LogP contribution in [0.3, 0.4) is 0 Å². The molecule has 1 aromatic heterocycles. The van der Waals surface area contributed by atoms with E-state index in [-0.39, 0.29) is 29.4 Å². The van der Waals surface area contributed by atoms with Crippen LogP contribution in [0.4, 0.5) is 0 Å². The first kappa shape index (κ1) is 27.1. The van der Waals surface area contributed by atoms with Crippen molar-refractivity contribution in [2.75, 3.05) is 6.54 Å². The first-order chi connectivity index (χ1) is 16.6. The molecule has 1 atom stereocenters. The zero-order valence-corrected chi connectivity index (χ0v) is 21.1. The van der Waals surface area contributed by atoms with Gasteiger partial charge in [-0.25, -0.2) is 4.79 Å². The zero-order chi connectivity index (χ0) is 25.6. The van der Waals surface area contributed by atoms with Gasteiger partial charge in [-0.2, -0.15) is 9.78 Å². The summed E-state index contributed by atoms with van der Waals surface area (Å²) in [6.45, 7) is 4.03. The van der Waals surface area contributed by atoms with E-state index in [4.69, 9.17) is 11.6 Å². The highest BCUT2D eigenvalue weighted by Crippen LogP contribution is 2.27. The minimum Gasteiger partial charge on any atom is -0.391 e. The lowest BCUT2D eigenvalue weighted by atomic mass is 9.94. The van der Waals surface area contributed by atoms with Crippen molar-refractivity contribution in [3.63, 3.8) is 0 Å². The van der Waals surface area contributed by atoms with Crippen LogP contribution in [0.2, 0.25) is 5.02 Å². The van der Waals surface area contributed by atoms with Crippen molar-refractivity contribution < 1.29 is 15.0 Å². The van der Waals surface area contributed by atoms with E-state index in [0.717, 1.165) is 47.5 Å². The Labute approximate surface area is 209 Å². The van der Waals surface area contributed by atoms with Crippen molar-refractivity contribution in [1.29, 1.82) is 0 Å². The number of benzene rings is 1. The van der Waals surface area contributed by atoms with Crippen LogP contribution in [0.5, 0.6) is 0 Å². The molecule has 0 radical (unpaired) electrons. The highest BCUT2D eigenvalue weighted by atomic mass is 35.5. The fraction of sp³-hybridized carbons (Fsp3) is 0.600. The molecule has 1 saturated carbocycles. The van der Waals surface area contributed by atoms with Crippen molar-refractivity contribution in [3.8, 4) is 5.69 Å². The Morgan fingerprint density at radius 2 is 1.86 bits per heavy atom. The number of aliphatic hydroxyl groups excluding tert-OH is 1. The summed E-state index contributed by atoms with van der Waals surface area (Å²) < 4.78 is 1.94. The molecule has 192 valence electrons. The van der Waals surface area contributed by atoms with E-state index in [0.29, 0.717) is 25.2 Å². The largest absolute Gasteiger partial charge is 0.391 e. The molecule has 1 amide bonds. The van der Waals surface area contributed by atoms with Crippen molar-refractivity contribution in [3.05, 3.63) is 55.8 Å². The molecule has 1 unspecified atom stereocenters. The van der Waals surface area contributed by atoms with Gasteiger partial charge in [-0.1, -0.05) is 51.1 Å². The number of carbonyl (C=O) groups is 1. The minimum absolute atomic E-state index is 0.115. The Balaban J connectivity index is 1.81. The van der Waals surface area contributed by atoms with Crippen molar-refractivity contribution >= 4 is 17.5 Å². The predicted molar refractivity (Wildman–Crippen MR) is 134 cm³/mol. The number of nitrogens with one attached hydrogen (secondary N) is 1. The fourth-order valence-corrected chi connectivity index (χ4v) is 4.53. The average Bonchev–Trinajstić information content (AvgIpc) is 3.04. The number of hydrogen-bond donors (Lipinski definition) is 3. The van der Waals surface area contributed by atoms with Crippen molar-refractivity contribution in [2.24, 2.45) is 5.92 Å². The third-order valence-electron chi connectivity index (χ3n) is 6.48. The number of aromatic nitrogens is 3. The molecule has 2 aromatic rings. The van der Waals surface area contributed by atoms with Gasteiger partial charge < -0.3 is 15.5 Å². The summed E-state index contributed by atoms with van der Waals surface area (Å²) in [4.78, 5) is 38.2. The molecule has 9 nitrogen and oxygen atoms in total. The first-order valence-corrected chi connectivity index (χ1v) is 12.7. The molecule has 1 fully saturated rings. The topological polar surface area (TPSA) is 126 Å². The predicted octanol–water partition coefficient (Wildman–Crippen LogP) is 2.66. The van der Waals surface area contributed by atoms with Gasteiger partial charge in [0.2, 0.25) is 0 Å². The van der Waals surface area contributed by atoms with Gasteiger partial charge in [0.15, 0.2) is 0 Å². The SMILES string of the molecule is CC(C)CCC(O)Cn1c(=O)cnn(-c2ccc(Cl)c(C(=O)NCC3(O)CCCCCC3)c2)c1=O. The second kappa shape index (κ2) is 12.0. The fourth-order valence-electron chi connectivity index (χ4n) is 4.33. The smallest absolute Gasteiger partial charge is 0.352 e. The standard InChI is InChI=1S/C25H35ClN4O5/c1-17(2)7-9-19(31)15-29-22(32)14-28-30(24(29)34)18-8-10-21(26)20(13-18)23(33)27-16-25(35)11-5-3-4-6-12-25/h8,10,13-14,17,19,31,35H,3-7,9,11-12,15-16H2,1-2H3,(H,27,33). The molecule has 0 bridgehead atoms. The van der Waals surface area contributed by atoms with Crippen LogP contribution in [-0.2, 0) is 6.54 Å². The number of rotatable bonds is 9. The molecule has 1 aliphatic rings. The molecule has 0 aliphatic heterocycles. The summed E-state index contributed by atoms with van der Waals surface area (Å²) in [5.41, 5.74) is -1.89. The molecule has 1 heterocycles. The number of nitrogens with zero attached hydrogens (tertiary/aromatic N) is 3. The number of carbonyl (C=O) groups excluding carboxylic acids is 1. The molecule has 0 spiro atoms. The van der Waals surface area contributed by atoms with Crippen LogP contribution in [0.15, 0.2) is 34.0 Å². The van der Waals surface area contributed by atoms with Gasteiger partial charge in [0.25, 0.3) is 11.5 Å². The van der Waals surface area contributed by atoms with Gasteiger partial charge in [0.1, 0.15) is 6.20 Å². The maximum Gasteiger partial charge on any atom is 0.352 e. The summed E-state index contributed by atoms with van der Waals surface area (Å²) in [5.74, 6) is -0.0858. The van der Waals surface area contributed by atoms with E-state index < -0.39 is 28.9 Å². The maximum absolute atomic E-state index is 13.0. The summed E-state index contributed by atoms with van der Waals surface area (Å²) in [6, 6.07) is 4.43. The Kier molecular flexibility index (Phi) is 9.27. The third kappa shape index (κ3) is 7.25. The van der Waals surface area contributed by atoms with Gasteiger partial charge in [-0.05, 0) is 49.8 Å². The summed E-state index contributed by atoms with van der Waals surface area (Å²) in [5, 5.41) is 28.0. The summed E-state index contributed by atoms with van der Waals surface area (Å²) in [7, 11) is 0. The monoisotopic (exact) mass is 506 g/mol. The highest BCUT2D eigenvalue weighted by Gasteiger charge is 2.29. The quantitative estimate of drug-likeness (QED) is 0.449. The molecular formula is C25H35ClN4O5. The van der Waals surface area contributed by atoms with Gasteiger partial charge in [-0.15, -0.1) is 0 Å². The van der Waals surface area contributed by atoms with Crippen molar-refractivity contribution in [2.45, 2.75) is 83.5 Å². The van der Waals surface area contributed by atoms with Crippen LogP contribution < -0.4 is 16.6 Å². The molecule has 1 aliphatic carbocycles. The molecule has 1 aromatic carbocycles. The first-order valence-electron chi connectivity index (χ1n) is 12.3. The second-order valence-electron chi connectivity index (χ2n) is 9.90. The average molecular weight is 507 g/mol. The van der Waals surface area contributed by atoms with E-state index in [1.807, 2.05) is 13.8 Å². The Morgan fingerprint density at radius 1 is 1.17 bits per heavy atom. The lowest BCUT2D eigenvalue weighted by Crippen LogP contribution is -2.43. The number of halogens is 1. The van der Waals surface area contributed by atoms with E-state index in [1.54, 1.807) is 0 Å². The molecule has 3 rings (SSSR count). The van der Waals surface area contributed by atoms with Gasteiger partial charge >= 0.3 is 5.69 Å². The molecule has 3 N–H and O–H groups in total. The molecule has 0 saturated heterocycles. The van der Waals surface area contributed by atoms with Gasteiger partial charge in [-0.3, -0.25) is 14.2 Å². The van der Waals surface area contributed by atoms with Crippen LogP contribution in [0, 0.1) is 5.92 Å². The normalized spacial score (nSPS) is 16.6. The molecular weight excluding hydrogens is 472 g/mol. The van der Waals surface area contributed by atoms with Crippen LogP contribution in [0.1, 0.15) is 75.6 Å². The third-order valence-corrected chi connectivity index (χ3v) is 6.81. The second-order valence-corrected chi connectivity index (χ2v) is 10.3. The Bertz CT molecular complexity index is 1140. The van der Waals surface area contributed by atoms with Crippen LogP contribution in [-0.4, -0.2) is 48.7 Å². The Morgan fingerprint density at radius 3 is 2.51 bits per heavy atom. The Hall–Kier alpha value is -2.49. The van der Waals surface area contributed by atoms with Crippen LogP contribution >= 0.6 is 11.6 Å². The summed E-state index contributed by atoms with van der Waals surface area (Å²) in [6.07, 6.45) is 6.62. The van der Waals surface area contributed by atoms with Gasteiger partial charge in [0.05, 0.1) is 34.5 Å². The number of amides is 1. The lowest BCUT2D eigenvalue weighted by molar-refractivity contribution is 0.0246. The molecule has 10 heteroatoms. The zero-order valence-electron chi connectivity index (χ0n) is 20.4. The van der Waals surface area contributed by atoms with Gasteiger partial charge in [0, 0.05) is 6.54 Å².